The summed E-state index contributed by atoms with van der Waals surface area (Å²) in [6.07, 6.45) is -1.29. The zero-order valence-corrected chi connectivity index (χ0v) is 10.8. The highest BCUT2D eigenvalue weighted by Crippen LogP contribution is 2.10. The number of alkyl carbamates (subject to hydrolysis) is 1. The van der Waals surface area contributed by atoms with E-state index < -0.39 is 17.8 Å². The molecule has 0 aliphatic heterocycles. The van der Waals surface area contributed by atoms with E-state index in [0.29, 0.717) is 0 Å². The van der Waals surface area contributed by atoms with Crippen LogP contribution in [0.1, 0.15) is 34.6 Å². The highest BCUT2D eigenvalue weighted by atomic mass is 16.6. The molecule has 0 aromatic heterocycles. The molecule has 0 aromatic rings. The normalized spacial score (nSPS) is 15.8. The molecule has 0 unspecified atom stereocenters. The summed E-state index contributed by atoms with van der Waals surface area (Å²) in [6, 6.07) is -0.389. The summed E-state index contributed by atoms with van der Waals surface area (Å²) in [7, 11) is 0. The summed E-state index contributed by atoms with van der Waals surface area (Å²) in [4.78, 5) is 11.5. The summed E-state index contributed by atoms with van der Waals surface area (Å²) in [5.74, 6) is 0.0890. The molecule has 0 rings (SSSR count). The summed E-state index contributed by atoms with van der Waals surface area (Å²) in [5.41, 5.74) is 4.83. The van der Waals surface area contributed by atoms with Crippen molar-refractivity contribution in [3.8, 4) is 0 Å². The van der Waals surface area contributed by atoms with Crippen LogP contribution in [0.2, 0.25) is 0 Å². The largest absolute Gasteiger partial charge is 0.444 e. The lowest BCUT2D eigenvalue weighted by Crippen LogP contribution is -2.50. The zero-order valence-electron chi connectivity index (χ0n) is 10.8. The Morgan fingerprint density at radius 1 is 1.44 bits per heavy atom. The molecule has 0 aliphatic carbocycles. The van der Waals surface area contributed by atoms with Gasteiger partial charge in [-0.1, -0.05) is 13.8 Å². The van der Waals surface area contributed by atoms with E-state index >= 15 is 0 Å². The molecule has 4 N–H and O–H groups in total. The fraction of sp³-hybridized carbons (Fsp3) is 0.909. The summed E-state index contributed by atoms with van der Waals surface area (Å²) in [6.45, 7) is 9.28. The lowest BCUT2D eigenvalue weighted by atomic mass is 9.99. The van der Waals surface area contributed by atoms with E-state index in [2.05, 4.69) is 5.32 Å². The first-order valence-corrected chi connectivity index (χ1v) is 5.55. The zero-order chi connectivity index (χ0) is 12.9. The number of hydrogen-bond donors (Lipinski definition) is 3. The van der Waals surface area contributed by atoms with Gasteiger partial charge in [-0.15, -0.1) is 0 Å². The highest BCUT2D eigenvalue weighted by Gasteiger charge is 2.25. The molecule has 0 radical (unpaired) electrons. The van der Waals surface area contributed by atoms with Crippen molar-refractivity contribution in [2.45, 2.75) is 52.4 Å². The molecule has 1 amide bonds. The van der Waals surface area contributed by atoms with Crippen molar-refractivity contribution < 1.29 is 14.6 Å². The number of amides is 1. The van der Waals surface area contributed by atoms with Gasteiger partial charge < -0.3 is 20.9 Å². The first-order valence-electron chi connectivity index (χ1n) is 5.55. The Balaban J connectivity index is 4.36. The smallest absolute Gasteiger partial charge is 0.407 e. The van der Waals surface area contributed by atoms with Gasteiger partial charge >= 0.3 is 6.09 Å². The van der Waals surface area contributed by atoms with Gasteiger partial charge in [0.05, 0.1) is 12.1 Å². The third-order valence-corrected chi connectivity index (χ3v) is 2.06. The van der Waals surface area contributed by atoms with Gasteiger partial charge in [-0.05, 0) is 26.7 Å². The molecule has 2 atom stereocenters. The molecule has 5 nitrogen and oxygen atoms in total. The molecular formula is C11H24N2O3. The second-order valence-electron chi connectivity index (χ2n) is 5.22. The number of hydrogen-bond acceptors (Lipinski definition) is 4. The number of rotatable bonds is 4. The van der Waals surface area contributed by atoms with Crippen LogP contribution in [0.3, 0.4) is 0 Å². The van der Waals surface area contributed by atoms with Crippen LogP contribution in [0, 0.1) is 5.92 Å². The number of ether oxygens (including phenoxy) is 1. The van der Waals surface area contributed by atoms with Crippen LogP contribution in [0.25, 0.3) is 0 Å². The van der Waals surface area contributed by atoms with Crippen LogP contribution in [0.4, 0.5) is 4.79 Å². The second-order valence-corrected chi connectivity index (χ2v) is 5.22. The Bertz CT molecular complexity index is 224. The topological polar surface area (TPSA) is 84.6 Å². The van der Waals surface area contributed by atoms with E-state index in [1.165, 1.54) is 0 Å². The summed E-state index contributed by atoms with van der Waals surface area (Å²) in [5, 5.41) is 12.3. The minimum atomic E-state index is -0.757. The molecule has 96 valence electrons. The molecule has 0 heterocycles. The van der Waals surface area contributed by atoms with Gasteiger partial charge in [0.25, 0.3) is 0 Å². The van der Waals surface area contributed by atoms with Crippen molar-refractivity contribution in [2.75, 3.05) is 6.54 Å². The van der Waals surface area contributed by atoms with Crippen LogP contribution in [-0.2, 0) is 4.74 Å². The Kier molecular flexibility index (Phi) is 5.75. The molecule has 0 spiro atoms. The lowest BCUT2D eigenvalue weighted by Gasteiger charge is -2.28. The van der Waals surface area contributed by atoms with E-state index in [1.807, 2.05) is 13.8 Å². The predicted molar refractivity (Wildman–Crippen MR) is 63.1 cm³/mol. The quantitative estimate of drug-likeness (QED) is 0.671. The van der Waals surface area contributed by atoms with Gasteiger partial charge in [-0.3, -0.25) is 0 Å². The Morgan fingerprint density at radius 2 is 1.94 bits per heavy atom. The number of carbonyl (C=O) groups excluding carboxylic acids is 1. The van der Waals surface area contributed by atoms with E-state index in [4.69, 9.17) is 10.5 Å². The molecule has 0 aliphatic rings. The number of carbonyl (C=O) groups is 1. The van der Waals surface area contributed by atoms with E-state index in [9.17, 15) is 9.90 Å². The first-order chi connectivity index (χ1) is 7.17. The van der Waals surface area contributed by atoms with Crippen molar-refractivity contribution >= 4 is 6.09 Å². The summed E-state index contributed by atoms with van der Waals surface area (Å²) < 4.78 is 5.11. The van der Waals surface area contributed by atoms with Gasteiger partial charge in [-0.2, -0.15) is 0 Å². The van der Waals surface area contributed by atoms with Crippen molar-refractivity contribution in [3.05, 3.63) is 0 Å². The lowest BCUT2D eigenvalue weighted by molar-refractivity contribution is 0.0387. The monoisotopic (exact) mass is 232 g/mol. The number of nitrogens with one attached hydrogen (secondary N) is 1. The predicted octanol–water partition coefficient (Wildman–Crippen LogP) is 0.855. The maximum atomic E-state index is 11.5. The van der Waals surface area contributed by atoms with Gasteiger partial charge in [-0.25, -0.2) is 4.79 Å². The molecule has 0 bridgehead atoms. The number of aliphatic hydroxyl groups is 1. The molecule has 16 heavy (non-hydrogen) atoms. The molecule has 5 heteroatoms. The van der Waals surface area contributed by atoms with Crippen LogP contribution in [-0.4, -0.2) is 35.5 Å². The van der Waals surface area contributed by atoms with Crippen LogP contribution < -0.4 is 11.1 Å². The van der Waals surface area contributed by atoms with Gasteiger partial charge in [0.1, 0.15) is 5.60 Å². The van der Waals surface area contributed by atoms with E-state index in [0.717, 1.165) is 0 Å². The van der Waals surface area contributed by atoms with Crippen molar-refractivity contribution in [2.24, 2.45) is 11.7 Å². The standard InChI is InChI=1S/C11H24N2O3/c1-7(2)9(8(14)6-12)13-10(15)16-11(3,4)5/h7-9,14H,6,12H2,1-5H3,(H,13,15)/t8-,9-/m0/s1. The maximum Gasteiger partial charge on any atom is 0.407 e. The Hall–Kier alpha value is -0.810. The number of aliphatic hydroxyl groups excluding tert-OH is 1. The molecule has 0 fully saturated rings. The number of nitrogens with two attached hydrogens (primary N) is 1. The van der Waals surface area contributed by atoms with Crippen molar-refractivity contribution in [1.29, 1.82) is 0 Å². The molecular weight excluding hydrogens is 208 g/mol. The third-order valence-electron chi connectivity index (χ3n) is 2.06. The van der Waals surface area contributed by atoms with Crippen LogP contribution in [0.15, 0.2) is 0 Å². The second kappa shape index (κ2) is 6.06. The van der Waals surface area contributed by atoms with Crippen LogP contribution >= 0.6 is 0 Å². The van der Waals surface area contributed by atoms with Gasteiger partial charge in [0.2, 0.25) is 0 Å². The minimum Gasteiger partial charge on any atom is -0.444 e. The summed E-state index contributed by atoms with van der Waals surface area (Å²) >= 11 is 0. The minimum absolute atomic E-state index is 0.0890. The van der Waals surface area contributed by atoms with Crippen molar-refractivity contribution in [1.82, 2.24) is 5.32 Å². The molecule has 0 saturated heterocycles. The SMILES string of the molecule is CC(C)[C@H](NC(=O)OC(C)(C)C)[C@@H](O)CN. The average molecular weight is 232 g/mol. The fourth-order valence-corrected chi connectivity index (χ4v) is 1.30. The fourth-order valence-electron chi connectivity index (χ4n) is 1.30. The first kappa shape index (κ1) is 15.2. The average Bonchev–Trinajstić information content (AvgIpc) is 2.09. The van der Waals surface area contributed by atoms with Gasteiger partial charge in [0.15, 0.2) is 0 Å². The van der Waals surface area contributed by atoms with Gasteiger partial charge in [0, 0.05) is 6.54 Å². The van der Waals surface area contributed by atoms with Crippen molar-refractivity contribution in [3.63, 3.8) is 0 Å². The van der Waals surface area contributed by atoms with E-state index in [-0.39, 0.29) is 18.5 Å². The third kappa shape index (κ3) is 5.92. The molecule has 0 saturated carbocycles. The Labute approximate surface area is 97.3 Å². The Morgan fingerprint density at radius 3 is 2.25 bits per heavy atom. The highest BCUT2D eigenvalue weighted by molar-refractivity contribution is 5.68. The van der Waals surface area contributed by atoms with Crippen LogP contribution in [0.5, 0.6) is 0 Å². The maximum absolute atomic E-state index is 11.5. The molecule has 0 aromatic carbocycles. The van der Waals surface area contributed by atoms with E-state index in [1.54, 1.807) is 20.8 Å².